The second kappa shape index (κ2) is 18.0. The van der Waals surface area contributed by atoms with E-state index in [0.29, 0.717) is 44.9 Å². The predicted molar refractivity (Wildman–Crippen MR) is 210 cm³/mol. The Labute approximate surface area is 320 Å². The van der Waals surface area contributed by atoms with E-state index in [1.807, 2.05) is 42.5 Å². The molecule has 0 radical (unpaired) electrons. The van der Waals surface area contributed by atoms with Crippen LogP contribution in [0.2, 0.25) is 0 Å². The maximum Gasteiger partial charge on any atom is 0.269 e. The van der Waals surface area contributed by atoms with Gasteiger partial charge in [0.15, 0.2) is 11.5 Å². The summed E-state index contributed by atoms with van der Waals surface area (Å²) in [5, 5.41) is 3.62. The normalized spacial score (nSPS) is 16.9. The average Bonchev–Trinajstić information content (AvgIpc) is 3.23. The highest BCUT2D eigenvalue weighted by atomic mass is 16.6. The Balaban J connectivity index is 0.000000184. The number of ether oxygens (including phenoxy) is 4. The molecule has 3 aromatic heterocycles. The van der Waals surface area contributed by atoms with Crippen LogP contribution in [0.1, 0.15) is 31.4 Å². The molecule has 3 aliphatic heterocycles. The van der Waals surface area contributed by atoms with Gasteiger partial charge in [-0.15, -0.1) is 0 Å². The zero-order valence-corrected chi connectivity index (χ0v) is 31.7. The van der Waals surface area contributed by atoms with Crippen LogP contribution in [0.15, 0.2) is 70.6 Å². The van der Waals surface area contributed by atoms with Gasteiger partial charge in [-0.25, -0.2) is 9.97 Å². The summed E-state index contributed by atoms with van der Waals surface area (Å²) in [6.45, 7) is 8.81. The van der Waals surface area contributed by atoms with Crippen LogP contribution in [0, 0.1) is 0 Å². The zero-order chi connectivity index (χ0) is 38.1. The second-order valence-corrected chi connectivity index (χ2v) is 14.2. The highest BCUT2D eigenvalue weighted by molar-refractivity contribution is 5.77. The molecule has 2 fully saturated rings. The SMILES string of the molecule is COc1ccc2ncc(=O)n(CCN3CCC(N)CC3)c2c1.COc1ccc2ncc(=O)n(CCN3CCC(NCc4cc5c(cn4)OCCO5)CC3)c2c1. The standard InChI is InChI=1S/C24H29N5O4.C16H22N4O2/c1-31-19-2-3-20-21(13-19)29(24(30)16-27-20)9-8-28-6-4-17(5-7-28)25-14-18-12-22-23(15-26-18)33-11-10-32-22;1-22-13-2-3-14-15(10-13)20(16(21)11-18-14)9-8-19-6-4-12(17)5-7-19/h2-3,12-13,15-17,25H,4-11,14H2,1H3;2-3,10-12H,4-9,17H2,1H3. The van der Waals surface area contributed by atoms with E-state index in [1.165, 1.54) is 12.4 Å². The number of piperidine rings is 2. The summed E-state index contributed by atoms with van der Waals surface area (Å²) in [4.78, 5) is 42.4. The first-order valence-electron chi connectivity index (χ1n) is 19.1. The Kier molecular flexibility index (Phi) is 12.5. The second-order valence-electron chi connectivity index (χ2n) is 14.2. The summed E-state index contributed by atoms with van der Waals surface area (Å²) in [6.07, 6.45) is 8.71. The van der Waals surface area contributed by atoms with Crippen LogP contribution < -0.4 is 41.1 Å². The Bertz CT molecular complexity index is 2180. The number of hydrogen-bond acceptors (Lipinski definition) is 13. The van der Waals surface area contributed by atoms with Crippen molar-refractivity contribution in [2.24, 2.45) is 5.73 Å². The van der Waals surface area contributed by atoms with E-state index in [-0.39, 0.29) is 11.1 Å². The van der Waals surface area contributed by atoms with Crippen molar-refractivity contribution in [1.29, 1.82) is 0 Å². The van der Waals surface area contributed by atoms with Gasteiger partial charge in [0.25, 0.3) is 11.1 Å². The zero-order valence-electron chi connectivity index (χ0n) is 31.7. The van der Waals surface area contributed by atoms with Gasteiger partial charge >= 0.3 is 0 Å². The molecule has 0 spiro atoms. The monoisotopic (exact) mass is 753 g/mol. The topological polar surface area (TPSA) is 164 Å². The highest BCUT2D eigenvalue weighted by Gasteiger charge is 2.21. The summed E-state index contributed by atoms with van der Waals surface area (Å²) in [5.74, 6) is 2.96. The lowest BCUT2D eigenvalue weighted by atomic mass is 10.0. The molecule has 15 nitrogen and oxygen atoms in total. The first-order chi connectivity index (χ1) is 26.9. The van der Waals surface area contributed by atoms with Crippen molar-refractivity contribution >= 4 is 22.1 Å². The number of fused-ring (bicyclic) bond motifs is 3. The fourth-order valence-electron chi connectivity index (χ4n) is 7.35. The Hall–Kier alpha value is -5.09. The molecule has 0 unspecified atom stereocenters. The van der Waals surface area contributed by atoms with Gasteiger partial charge in [-0.3, -0.25) is 14.6 Å². The molecule has 0 saturated carbocycles. The lowest BCUT2D eigenvalue weighted by molar-refractivity contribution is 0.170. The Morgan fingerprint density at radius 1 is 0.691 bits per heavy atom. The molecule has 3 aliphatic rings. The fraction of sp³-hybridized carbons (Fsp3) is 0.475. The quantitative estimate of drug-likeness (QED) is 0.203. The fourth-order valence-corrected chi connectivity index (χ4v) is 7.35. The van der Waals surface area contributed by atoms with Crippen LogP contribution in [0.4, 0.5) is 0 Å². The average molecular weight is 754 g/mol. The lowest BCUT2D eigenvalue weighted by Gasteiger charge is -2.32. The summed E-state index contributed by atoms with van der Waals surface area (Å²) in [7, 11) is 3.25. The van der Waals surface area contributed by atoms with Crippen molar-refractivity contribution < 1.29 is 18.9 Å². The largest absolute Gasteiger partial charge is 0.497 e. The van der Waals surface area contributed by atoms with Gasteiger partial charge in [0.05, 0.1) is 60.6 Å². The molecule has 6 heterocycles. The highest BCUT2D eigenvalue weighted by Crippen LogP contribution is 2.29. The number of hydrogen-bond donors (Lipinski definition) is 2. The van der Waals surface area contributed by atoms with Gasteiger partial charge in [-0.2, -0.15) is 0 Å². The molecule has 2 saturated heterocycles. The Morgan fingerprint density at radius 2 is 1.22 bits per heavy atom. The van der Waals surface area contributed by atoms with E-state index in [1.54, 1.807) is 29.6 Å². The number of pyridine rings is 1. The van der Waals surface area contributed by atoms with Crippen LogP contribution in [0.25, 0.3) is 22.1 Å². The van der Waals surface area contributed by atoms with Crippen molar-refractivity contribution in [1.82, 2.24) is 39.2 Å². The van der Waals surface area contributed by atoms with E-state index in [9.17, 15) is 9.59 Å². The van der Waals surface area contributed by atoms with Gasteiger partial charge in [0.2, 0.25) is 0 Å². The maximum absolute atomic E-state index is 12.5. The molecular formula is C40H51N9O6. The van der Waals surface area contributed by atoms with E-state index in [0.717, 1.165) is 116 Å². The summed E-state index contributed by atoms with van der Waals surface area (Å²) in [6, 6.07) is 14.0. The number of benzene rings is 2. The van der Waals surface area contributed by atoms with Crippen molar-refractivity contribution in [2.75, 3.05) is 66.7 Å². The summed E-state index contributed by atoms with van der Waals surface area (Å²) < 4.78 is 25.3. The minimum Gasteiger partial charge on any atom is -0.497 e. The summed E-state index contributed by atoms with van der Waals surface area (Å²) in [5.41, 5.74) is 9.97. The molecule has 0 aliphatic carbocycles. The number of nitrogens with one attached hydrogen (secondary N) is 1. The number of nitrogens with zero attached hydrogens (tertiary/aromatic N) is 7. The maximum atomic E-state index is 12.5. The molecule has 2 aromatic carbocycles. The van der Waals surface area contributed by atoms with E-state index < -0.39 is 0 Å². The van der Waals surface area contributed by atoms with Crippen molar-refractivity contribution in [3.63, 3.8) is 0 Å². The van der Waals surface area contributed by atoms with Gasteiger partial charge in [-0.05, 0) is 76.1 Å². The van der Waals surface area contributed by atoms with Crippen LogP contribution >= 0.6 is 0 Å². The number of aromatic nitrogens is 5. The van der Waals surface area contributed by atoms with Crippen molar-refractivity contribution in [3.8, 4) is 23.0 Å². The molecule has 292 valence electrons. The molecule has 0 amide bonds. The molecule has 0 atom stereocenters. The number of likely N-dealkylation sites (tertiary alicyclic amines) is 2. The third-order valence-corrected chi connectivity index (χ3v) is 10.7. The van der Waals surface area contributed by atoms with E-state index >= 15 is 0 Å². The van der Waals surface area contributed by atoms with Crippen LogP contribution in [0.5, 0.6) is 23.0 Å². The van der Waals surface area contributed by atoms with Gasteiger partial charge in [0.1, 0.15) is 24.7 Å². The third kappa shape index (κ3) is 9.60. The minimum atomic E-state index is -0.0840. The molecule has 15 heteroatoms. The first-order valence-corrected chi connectivity index (χ1v) is 19.1. The van der Waals surface area contributed by atoms with Gasteiger partial charge in [0, 0.05) is 63.0 Å². The summed E-state index contributed by atoms with van der Waals surface area (Å²) >= 11 is 0. The molecule has 55 heavy (non-hydrogen) atoms. The van der Waals surface area contributed by atoms with Gasteiger partial charge < -0.3 is 48.9 Å². The number of methoxy groups -OCH3 is 2. The molecule has 0 bridgehead atoms. The van der Waals surface area contributed by atoms with E-state index in [2.05, 4.69) is 30.1 Å². The molecule has 5 aromatic rings. The van der Waals surface area contributed by atoms with Crippen LogP contribution in [-0.4, -0.2) is 113 Å². The number of rotatable bonds is 11. The Morgan fingerprint density at radius 3 is 1.76 bits per heavy atom. The molecular weight excluding hydrogens is 702 g/mol. The predicted octanol–water partition coefficient (Wildman–Crippen LogP) is 2.65. The van der Waals surface area contributed by atoms with Crippen LogP contribution in [-0.2, 0) is 19.6 Å². The molecule has 3 N–H and O–H groups in total. The minimum absolute atomic E-state index is 0.0746. The van der Waals surface area contributed by atoms with Crippen LogP contribution in [0.3, 0.4) is 0 Å². The third-order valence-electron chi connectivity index (χ3n) is 10.7. The van der Waals surface area contributed by atoms with E-state index in [4.69, 9.17) is 24.7 Å². The molecule has 8 rings (SSSR count). The van der Waals surface area contributed by atoms with Crippen molar-refractivity contribution in [3.05, 3.63) is 87.5 Å². The first kappa shape index (κ1) is 38.2. The smallest absolute Gasteiger partial charge is 0.269 e. The lowest BCUT2D eigenvalue weighted by Crippen LogP contribution is -2.43. The van der Waals surface area contributed by atoms with Crippen molar-refractivity contribution in [2.45, 2.75) is 57.4 Å². The van der Waals surface area contributed by atoms with Gasteiger partial charge in [-0.1, -0.05) is 0 Å². The number of nitrogens with two attached hydrogens (primary N) is 1.